The van der Waals surface area contributed by atoms with Crippen LogP contribution in [0.25, 0.3) is 16.9 Å². The van der Waals surface area contributed by atoms with Gasteiger partial charge in [-0.1, -0.05) is 49.4 Å². The second kappa shape index (κ2) is 9.97. The summed E-state index contributed by atoms with van der Waals surface area (Å²) in [5.74, 6) is 0. The first-order valence-corrected chi connectivity index (χ1v) is 11.6. The fourth-order valence-corrected chi connectivity index (χ4v) is 4.25. The first kappa shape index (κ1) is 22.6. The van der Waals surface area contributed by atoms with Crippen molar-refractivity contribution in [3.05, 3.63) is 119 Å². The van der Waals surface area contributed by atoms with Gasteiger partial charge in [0.1, 0.15) is 6.23 Å². The Labute approximate surface area is 203 Å². The Morgan fingerprint density at radius 2 is 1.86 bits per heavy atom. The Morgan fingerprint density at radius 3 is 2.60 bits per heavy atom. The van der Waals surface area contributed by atoms with Crippen molar-refractivity contribution in [3.8, 4) is 11.3 Å². The summed E-state index contributed by atoms with van der Waals surface area (Å²) >= 11 is 0. The summed E-state index contributed by atoms with van der Waals surface area (Å²) in [6, 6.07) is 25.3. The number of aromatic amines is 1. The Morgan fingerprint density at radius 1 is 1.06 bits per heavy atom. The van der Waals surface area contributed by atoms with E-state index in [1.807, 2.05) is 83.1 Å². The van der Waals surface area contributed by atoms with Gasteiger partial charge in [0.15, 0.2) is 5.65 Å². The monoisotopic (exact) mass is 465 g/mol. The lowest BCUT2D eigenvalue weighted by atomic mass is 10.1. The standard InChI is InChI=1S/C28H27N5O2/c1-2-32(19-20-6-4-3-5-7-20)28(35)21-8-10-23(11-9-21)31-24-12-13-25(33-17-16-30-27(24)33)22-14-15-29-26(34)18-22/h3-18,28,31,35H,2,19H2,1H3,(H,29,34). The number of aromatic nitrogens is 3. The van der Waals surface area contributed by atoms with Gasteiger partial charge in [-0.25, -0.2) is 4.98 Å². The van der Waals surface area contributed by atoms with Gasteiger partial charge in [0.2, 0.25) is 5.56 Å². The van der Waals surface area contributed by atoms with Gasteiger partial charge in [0.25, 0.3) is 0 Å². The van der Waals surface area contributed by atoms with Crippen LogP contribution < -0.4 is 10.9 Å². The van der Waals surface area contributed by atoms with Gasteiger partial charge >= 0.3 is 0 Å². The maximum Gasteiger partial charge on any atom is 0.248 e. The van der Waals surface area contributed by atoms with Crippen molar-refractivity contribution in [2.75, 3.05) is 11.9 Å². The van der Waals surface area contributed by atoms with Gasteiger partial charge in [0, 0.05) is 42.5 Å². The quantitative estimate of drug-likeness (QED) is 0.283. The van der Waals surface area contributed by atoms with E-state index in [1.165, 1.54) is 5.56 Å². The number of fused-ring (bicyclic) bond motifs is 1. The molecule has 0 saturated heterocycles. The maximum absolute atomic E-state index is 11.8. The smallest absolute Gasteiger partial charge is 0.248 e. The highest BCUT2D eigenvalue weighted by Crippen LogP contribution is 2.28. The zero-order chi connectivity index (χ0) is 24.2. The molecule has 0 amide bonds. The molecular formula is C28H27N5O2. The predicted octanol–water partition coefficient (Wildman–Crippen LogP) is 4.95. The Hall–Kier alpha value is -4.20. The second-order valence-corrected chi connectivity index (χ2v) is 8.36. The van der Waals surface area contributed by atoms with Crippen LogP contribution in [0.15, 0.2) is 102 Å². The van der Waals surface area contributed by atoms with E-state index in [9.17, 15) is 9.90 Å². The molecule has 0 fully saturated rings. The fourth-order valence-electron chi connectivity index (χ4n) is 4.25. The topological polar surface area (TPSA) is 85.7 Å². The molecule has 0 radical (unpaired) electrons. The van der Waals surface area contributed by atoms with Crippen LogP contribution >= 0.6 is 0 Å². The van der Waals surface area contributed by atoms with Gasteiger partial charge in [-0.3, -0.25) is 14.1 Å². The highest BCUT2D eigenvalue weighted by Gasteiger charge is 2.17. The van der Waals surface area contributed by atoms with E-state index in [0.29, 0.717) is 6.54 Å². The third kappa shape index (κ3) is 4.87. The number of hydrogen-bond donors (Lipinski definition) is 3. The fraction of sp³-hybridized carbons (Fsp3) is 0.143. The number of benzene rings is 2. The lowest BCUT2D eigenvalue weighted by Gasteiger charge is -2.27. The minimum atomic E-state index is -0.693. The number of imidazole rings is 1. The molecule has 3 heterocycles. The summed E-state index contributed by atoms with van der Waals surface area (Å²) in [4.78, 5) is 20.9. The Kier molecular flexibility index (Phi) is 6.43. The van der Waals surface area contributed by atoms with Crippen LogP contribution in [-0.4, -0.2) is 30.9 Å². The van der Waals surface area contributed by atoms with Gasteiger partial charge < -0.3 is 15.4 Å². The molecule has 7 heteroatoms. The summed E-state index contributed by atoms with van der Waals surface area (Å²) in [5.41, 5.74) is 6.04. The van der Waals surface area contributed by atoms with Crippen molar-refractivity contribution < 1.29 is 5.11 Å². The molecule has 2 aromatic carbocycles. The molecule has 0 spiro atoms. The molecule has 1 atom stereocenters. The van der Waals surface area contributed by atoms with Crippen molar-refractivity contribution in [2.45, 2.75) is 19.7 Å². The second-order valence-electron chi connectivity index (χ2n) is 8.36. The third-order valence-electron chi connectivity index (χ3n) is 6.09. The van der Waals surface area contributed by atoms with E-state index in [0.717, 1.165) is 40.4 Å². The highest BCUT2D eigenvalue weighted by molar-refractivity contribution is 5.78. The third-order valence-corrected chi connectivity index (χ3v) is 6.09. The summed E-state index contributed by atoms with van der Waals surface area (Å²) in [7, 11) is 0. The lowest BCUT2D eigenvalue weighted by Crippen LogP contribution is -2.28. The predicted molar refractivity (Wildman–Crippen MR) is 138 cm³/mol. The molecule has 0 aliphatic rings. The molecule has 5 aromatic rings. The lowest BCUT2D eigenvalue weighted by molar-refractivity contribution is -0.000668. The Balaban J connectivity index is 1.35. The number of pyridine rings is 2. The number of H-pyrrole nitrogens is 1. The molecule has 35 heavy (non-hydrogen) atoms. The number of aliphatic hydroxyl groups excluding tert-OH is 1. The molecule has 176 valence electrons. The number of nitrogens with one attached hydrogen (secondary N) is 2. The number of hydrogen-bond acceptors (Lipinski definition) is 5. The molecule has 1 unspecified atom stereocenters. The van der Waals surface area contributed by atoms with Crippen LogP contribution in [0.3, 0.4) is 0 Å². The first-order valence-electron chi connectivity index (χ1n) is 11.6. The van der Waals surface area contributed by atoms with Crippen molar-refractivity contribution in [1.29, 1.82) is 0 Å². The van der Waals surface area contributed by atoms with E-state index in [1.54, 1.807) is 18.5 Å². The number of anilines is 2. The maximum atomic E-state index is 11.8. The summed E-state index contributed by atoms with van der Waals surface area (Å²) in [5, 5.41) is 14.4. The van der Waals surface area contributed by atoms with Crippen molar-refractivity contribution in [1.82, 2.24) is 19.3 Å². The van der Waals surface area contributed by atoms with E-state index < -0.39 is 6.23 Å². The van der Waals surface area contributed by atoms with Gasteiger partial charge in [-0.15, -0.1) is 0 Å². The van der Waals surface area contributed by atoms with Crippen LogP contribution in [0.1, 0.15) is 24.3 Å². The van der Waals surface area contributed by atoms with Gasteiger partial charge in [-0.05, 0) is 48.0 Å². The molecule has 3 N–H and O–H groups in total. The Bertz CT molecular complexity index is 1480. The minimum absolute atomic E-state index is 0.148. The normalized spacial score (nSPS) is 12.2. The van der Waals surface area contributed by atoms with Crippen LogP contribution in [0.2, 0.25) is 0 Å². The summed E-state index contributed by atoms with van der Waals surface area (Å²) < 4.78 is 1.96. The van der Waals surface area contributed by atoms with E-state index in [-0.39, 0.29) is 5.56 Å². The van der Waals surface area contributed by atoms with Crippen molar-refractivity contribution >= 4 is 17.0 Å². The molecule has 3 aromatic heterocycles. The largest absolute Gasteiger partial charge is 0.374 e. The van der Waals surface area contributed by atoms with E-state index >= 15 is 0 Å². The minimum Gasteiger partial charge on any atom is -0.374 e. The molecule has 0 bridgehead atoms. The van der Waals surface area contributed by atoms with Crippen LogP contribution in [0.4, 0.5) is 11.4 Å². The molecule has 0 aliphatic heterocycles. The number of aliphatic hydroxyl groups is 1. The van der Waals surface area contributed by atoms with Crippen molar-refractivity contribution in [3.63, 3.8) is 0 Å². The average Bonchev–Trinajstić information content (AvgIpc) is 3.39. The highest BCUT2D eigenvalue weighted by atomic mass is 16.3. The van der Waals surface area contributed by atoms with E-state index in [4.69, 9.17) is 0 Å². The van der Waals surface area contributed by atoms with Crippen molar-refractivity contribution in [2.24, 2.45) is 0 Å². The zero-order valence-electron chi connectivity index (χ0n) is 19.4. The van der Waals surface area contributed by atoms with Crippen LogP contribution in [-0.2, 0) is 6.54 Å². The van der Waals surface area contributed by atoms with Crippen LogP contribution in [0.5, 0.6) is 0 Å². The van der Waals surface area contributed by atoms with Gasteiger partial charge in [0.05, 0.1) is 11.4 Å². The average molecular weight is 466 g/mol. The molecule has 7 nitrogen and oxygen atoms in total. The van der Waals surface area contributed by atoms with Crippen LogP contribution in [0, 0.1) is 0 Å². The molecule has 0 aliphatic carbocycles. The van der Waals surface area contributed by atoms with Gasteiger partial charge in [-0.2, -0.15) is 0 Å². The molecule has 0 saturated carbocycles. The molecule has 5 rings (SSSR count). The van der Waals surface area contributed by atoms with E-state index in [2.05, 4.69) is 27.4 Å². The molecular weight excluding hydrogens is 438 g/mol. The zero-order valence-corrected chi connectivity index (χ0v) is 19.4. The SMILES string of the molecule is CCN(Cc1ccccc1)C(O)c1ccc(Nc2ccc(-c3cc[nH]c(=O)c3)n3ccnc23)cc1. The summed E-state index contributed by atoms with van der Waals surface area (Å²) in [6.07, 6.45) is 4.56. The number of nitrogens with zero attached hydrogens (tertiary/aromatic N) is 3. The first-order chi connectivity index (χ1) is 17.1. The summed E-state index contributed by atoms with van der Waals surface area (Å²) in [6.45, 7) is 3.46. The number of rotatable bonds is 8.